The average Bonchev–Trinajstić information content (AvgIpc) is 2.26. The number of carbonyl (C=O) groups excluding carboxylic acids is 1. The molecule has 1 atom stereocenters. The highest BCUT2D eigenvalue weighted by Crippen LogP contribution is 2.12. The molecule has 5 heteroatoms. The van der Waals surface area contributed by atoms with Crippen LogP contribution in [0.2, 0.25) is 0 Å². The van der Waals surface area contributed by atoms with Crippen molar-refractivity contribution >= 4 is 21.8 Å². The molecule has 82 valence electrons. The van der Waals surface area contributed by atoms with E-state index in [4.69, 9.17) is 0 Å². The van der Waals surface area contributed by atoms with Crippen LogP contribution in [0.4, 0.5) is 4.39 Å². The zero-order valence-corrected chi connectivity index (χ0v) is 9.50. The minimum Gasteiger partial charge on any atom is -0.387 e. The summed E-state index contributed by atoms with van der Waals surface area (Å²) in [5, 5.41) is 12.3. The first-order valence-corrected chi connectivity index (χ1v) is 5.52. The first-order valence-electron chi connectivity index (χ1n) is 4.39. The van der Waals surface area contributed by atoms with E-state index in [1.165, 1.54) is 24.3 Å². The third-order valence-electron chi connectivity index (χ3n) is 1.87. The summed E-state index contributed by atoms with van der Waals surface area (Å²) < 4.78 is 12.6. The van der Waals surface area contributed by atoms with E-state index in [1.54, 1.807) is 0 Å². The minimum absolute atomic E-state index is 0.121. The number of aliphatic hydroxyl groups excluding tert-OH is 1. The highest BCUT2D eigenvalue weighted by Gasteiger charge is 2.08. The lowest BCUT2D eigenvalue weighted by molar-refractivity contribution is -0.118. The van der Waals surface area contributed by atoms with Crippen LogP contribution in [0.25, 0.3) is 0 Å². The van der Waals surface area contributed by atoms with Crippen LogP contribution >= 0.6 is 15.9 Å². The largest absolute Gasteiger partial charge is 0.387 e. The van der Waals surface area contributed by atoms with Gasteiger partial charge in [-0.3, -0.25) is 4.79 Å². The Balaban J connectivity index is 2.50. The zero-order valence-electron chi connectivity index (χ0n) is 7.91. The third-order valence-corrected chi connectivity index (χ3v) is 2.38. The number of alkyl halides is 1. The number of hydrogen-bond acceptors (Lipinski definition) is 2. The van der Waals surface area contributed by atoms with Crippen LogP contribution in [0.5, 0.6) is 0 Å². The van der Waals surface area contributed by atoms with Crippen LogP contribution in [0.3, 0.4) is 0 Å². The van der Waals surface area contributed by atoms with Gasteiger partial charge in [-0.15, -0.1) is 0 Å². The van der Waals surface area contributed by atoms with Crippen molar-refractivity contribution in [2.75, 3.05) is 11.9 Å². The van der Waals surface area contributed by atoms with E-state index in [0.29, 0.717) is 5.56 Å². The monoisotopic (exact) mass is 275 g/mol. The second-order valence-corrected chi connectivity index (χ2v) is 3.57. The number of halogens is 2. The quantitative estimate of drug-likeness (QED) is 0.816. The smallest absolute Gasteiger partial charge is 0.230 e. The van der Waals surface area contributed by atoms with E-state index in [2.05, 4.69) is 21.2 Å². The Morgan fingerprint density at radius 1 is 1.47 bits per heavy atom. The van der Waals surface area contributed by atoms with Gasteiger partial charge >= 0.3 is 0 Å². The molecule has 0 aliphatic heterocycles. The summed E-state index contributed by atoms with van der Waals surface area (Å²) in [5.41, 5.74) is 0.575. The molecule has 3 nitrogen and oxygen atoms in total. The lowest BCUT2D eigenvalue weighted by Crippen LogP contribution is -2.29. The van der Waals surface area contributed by atoms with E-state index in [1.807, 2.05) is 0 Å². The SMILES string of the molecule is O=C(CBr)NC[C@@H](O)c1ccc(F)cc1. The Morgan fingerprint density at radius 2 is 2.07 bits per heavy atom. The molecule has 2 N–H and O–H groups in total. The lowest BCUT2D eigenvalue weighted by Gasteiger charge is -2.11. The van der Waals surface area contributed by atoms with Gasteiger partial charge in [0.15, 0.2) is 0 Å². The van der Waals surface area contributed by atoms with Crippen LogP contribution in [0.1, 0.15) is 11.7 Å². The van der Waals surface area contributed by atoms with Crippen molar-refractivity contribution in [1.82, 2.24) is 5.32 Å². The van der Waals surface area contributed by atoms with Crippen molar-refractivity contribution in [2.45, 2.75) is 6.10 Å². The number of benzene rings is 1. The molecule has 0 aliphatic carbocycles. The third kappa shape index (κ3) is 3.97. The van der Waals surface area contributed by atoms with Crippen LogP contribution < -0.4 is 5.32 Å². The number of aliphatic hydroxyl groups is 1. The molecule has 0 heterocycles. The highest BCUT2D eigenvalue weighted by molar-refractivity contribution is 9.09. The summed E-state index contributed by atoms with van der Waals surface area (Å²) in [5.74, 6) is -0.549. The summed E-state index contributed by atoms with van der Waals surface area (Å²) in [6.07, 6.45) is -0.811. The Hall–Kier alpha value is -0.940. The molecular formula is C10H11BrFNO2. The van der Waals surface area contributed by atoms with E-state index >= 15 is 0 Å². The maximum absolute atomic E-state index is 12.6. The molecule has 0 aliphatic rings. The van der Waals surface area contributed by atoms with Crippen molar-refractivity contribution in [3.8, 4) is 0 Å². The van der Waals surface area contributed by atoms with Crippen molar-refractivity contribution in [3.05, 3.63) is 35.6 Å². The summed E-state index contributed by atoms with van der Waals surface area (Å²) in [4.78, 5) is 10.9. The molecule has 0 fully saturated rings. The van der Waals surface area contributed by atoms with E-state index in [-0.39, 0.29) is 23.6 Å². The Labute approximate surface area is 95.4 Å². The first kappa shape index (κ1) is 12.1. The topological polar surface area (TPSA) is 49.3 Å². The van der Waals surface area contributed by atoms with Gasteiger partial charge in [0.1, 0.15) is 5.82 Å². The molecule has 1 rings (SSSR count). The molecular weight excluding hydrogens is 265 g/mol. The van der Waals surface area contributed by atoms with E-state index in [9.17, 15) is 14.3 Å². The summed E-state index contributed by atoms with van der Waals surface area (Å²) in [6, 6.07) is 5.51. The maximum Gasteiger partial charge on any atom is 0.230 e. The molecule has 0 saturated carbocycles. The van der Waals surface area contributed by atoms with Gasteiger partial charge in [-0.2, -0.15) is 0 Å². The van der Waals surface area contributed by atoms with Crippen LogP contribution in [0, 0.1) is 5.82 Å². The molecule has 0 aromatic heterocycles. The summed E-state index contributed by atoms with van der Waals surface area (Å²) in [7, 11) is 0. The fraction of sp³-hybridized carbons (Fsp3) is 0.300. The molecule has 1 amide bonds. The number of nitrogens with one attached hydrogen (secondary N) is 1. The van der Waals surface area contributed by atoms with Crippen molar-refractivity contribution in [2.24, 2.45) is 0 Å². The molecule has 0 bridgehead atoms. The standard InChI is InChI=1S/C10H11BrFNO2/c11-5-10(15)13-6-9(14)7-1-3-8(12)4-2-7/h1-4,9,14H,5-6H2,(H,13,15)/t9-/m1/s1. The number of rotatable bonds is 4. The molecule has 15 heavy (non-hydrogen) atoms. The van der Waals surface area contributed by atoms with Gasteiger partial charge in [0.05, 0.1) is 11.4 Å². The fourth-order valence-corrected chi connectivity index (χ4v) is 1.26. The lowest BCUT2D eigenvalue weighted by atomic mass is 10.1. The number of amides is 1. The van der Waals surface area contributed by atoms with E-state index < -0.39 is 6.10 Å². The van der Waals surface area contributed by atoms with E-state index in [0.717, 1.165) is 0 Å². The predicted octanol–water partition coefficient (Wildman–Crippen LogP) is 1.37. The van der Waals surface area contributed by atoms with Crippen molar-refractivity contribution in [3.63, 3.8) is 0 Å². The second kappa shape index (κ2) is 5.82. The maximum atomic E-state index is 12.6. The first-order chi connectivity index (χ1) is 7.13. The average molecular weight is 276 g/mol. The predicted molar refractivity (Wildman–Crippen MR) is 58.2 cm³/mol. The molecule has 1 aromatic carbocycles. The Bertz CT molecular complexity index is 329. The zero-order chi connectivity index (χ0) is 11.3. The van der Waals surface area contributed by atoms with Gasteiger partial charge < -0.3 is 10.4 Å². The second-order valence-electron chi connectivity index (χ2n) is 3.01. The van der Waals surface area contributed by atoms with Crippen LogP contribution in [-0.2, 0) is 4.79 Å². The molecule has 0 saturated heterocycles. The van der Waals surface area contributed by atoms with Gasteiger partial charge in [0.2, 0.25) is 5.91 Å². The van der Waals surface area contributed by atoms with Gasteiger partial charge in [-0.25, -0.2) is 4.39 Å². The Kier molecular flexibility index (Phi) is 4.71. The fourth-order valence-electron chi connectivity index (χ4n) is 1.06. The Morgan fingerprint density at radius 3 is 2.60 bits per heavy atom. The van der Waals surface area contributed by atoms with Gasteiger partial charge in [0.25, 0.3) is 0 Å². The molecule has 0 unspecified atom stereocenters. The minimum atomic E-state index is -0.811. The molecule has 0 radical (unpaired) electrons. The number of hydrogen-bond donors (Lipinski definition) is 2. The summed E-state index contributed by atoms with van der Waals surface area (Å²) in [6.45, 7) is 0.121. The van der Waals surface area contributed by atoms with Crippen molar-refractivity contribution < 1.29 is 14.3 Å². The van der Waals surface area contributed by atoms with Crippen LogP contribution in [0.15, 0.2) is 24.3 Å². The van der Waals surface area contributed by atoms with Crippen LogP contribution in [-0.4, -0.2) is 22.9 Å². The van der Waals surface area contributed by atoms with Gasteiger partial charge in [-0.1, -0.05) is 28.1 Å². The highest BCUT2D eigenvalue weighted by atomic mass is 79.9. The molecule has 0 spiro atoms. The normalized spacial score (nSPS) is 12.2. The van der Waals surface area contributed by atoms with Crippen molar-refractivity contribution in [1.29, 1.82) is 0 Å². The summed E-state index contributed by atoms with van der Waals surface area (Å²) >= 11 is 2.99. The van der Waals surface area contributed by atoms with Gasteiger partial charge in [0, 0.05) is 6.54 Å². The van der Waals surface area contributed by atoms with Gasteiger partial charge in [-0.05, 0) is 17.7 Å². The molecule has 1 aromatic rings. The number of carbonyl (C=O) groups is 1.